The topological polar surface area (TPSA) is 30.3 Å². The molecule has 1 aromatic rings. The highest BCUT2D eigenvalue weighted by molar-refractivity contribution is 5.50. The molecular weight excluding hydrogens is 282 g/mol. The van der Waals surface area contributed by atoms with Gasteiger partial charge in [-0.25, -0.2) is 0 Å². The van der Waals surface area contributed by atoms with E-state index in [0.29, 0.717) is 0 Å². The van der Waals surface area contributed by atoms with E-state index in [1.807, 2.05) is 12.1 Å². The third kappa shape index (κ3) is 4.26. The third-order valence-electron chi connectivity index (χ3n) is 5.66. The Morgan fingerprint density at radius 2 is 1.52 bits per heavy atom. The molecule has 3 heteroatoms. The van der Waals surface area contributed by atoms with Gasteiger partial charge in [-0.2, -0.15) is 5.26 Å². The summed E-state index contributed by atoms with van der Waals surface area (Å²) >= 11 is 0. The van der Waals surface area contributed by atoms with Crippen molar-refractivity contribution in [3.8, 4) is 6.07 Å². The second kappa shape index (κ2) is 7.84. The third-order valence-corrected chi connectivity index (χ3v) is 5.66. The van der Waals surface area contributed by atoms with Crippen molar-refractivity contribution in [2.45, 2.75) is 51.5 Å². The number of hydrogen-bond acceptors (Lipinski definition) is 3. The van der Waals surface area contributed by atoms with Gasteiger partial charge in [0.15, 0.2) is 0 Å². The van der Waals surface area contributed by atoms with Crippen molar-refractivity contribution in [2.24, 2.45) is 5.92 Å². The molecule has 0 bridgehead atoms. The van der Waals surface area contributed by atoms with Gasteiger partial charge in [0.25, 0.3) is 0 Å². The van der Waals surface area contributed by atoms with E-state index in [-0.39, 0.29) is 0 Å². The first-order chi connectivity index (χ1) is 11.3. The molecule has 0 amide bonds. The first-order valence-corrected chi connectivity index (χ1v) is 9.25. The fourth-order valence-electron chi connectivity index (χ4n) is 4.15. The highest BCUT2D eigenvalue weighted by atomic mass is 15.3. The summed E-state index contributed by atoms with van der Waals surface area (Å²) in [5.74, 6) is 0.934. The number of nitriles is 1. The van der Waals surface area contributed by atoms with E-state index >= 15 is 0 Å². The lowest BCUT2D eigenvalue weighted by molar-refractivity contribution is 0.151. The van der Waals surface area contributed by atoms with Crippen LogP contribution in [0.3, 0.4) is 0 Å². The minimum absolute atomic E-state index is 0.746. The summed E-state index contributed by atoms with van der Waals surface area (Å²) in [6, 6.07) is 11.0. The van der Waals surface area contributed by atoms with Gasteiger partial charge in [-0.15, -0.1) is 0 Å². The Hall–Kier alpha value is -1.53. The van der Waals surface area contributed by atoms with Crippen LogP contribution in [0.2, 0.25) is 0 Å². The molecule has 1 heterocycles. The Morgan fingerprint density at radius 3 is 2.09 bits per heavy atom. The molecule has 2 aliphatic rings. The summed E-state index contributed by atoms with van der Waals surface area (Å²) in [4.78, 5) is 5.19. The molecule has 3 rings (SSSR count). The van der Waals surface area contributed by atoms with Crippen molar-refractivity contribution in [3.63, 3.8) is 0 Å². The monoisotopic (exact) mass is 311 g/mol. The molecule has 0 atom stereocenters. The van der Waals surface area contributed by atoms with Crippen molar-refractivity contribution >= 4 is 5.69 Å². The van der Waals surface area contributed by atoms with Gasteiger partial charge in [0.05, 0.1) is 11.6 Å². The molecule has 0 spiro atoms. The number of nitrogens with zero attached hydrogens (tertiary/aromatic N) is 3. The summed E-state index contributed by atoms with van der Waals surface area (Å²) in [5, 5.41) is 8.91. The Balaban J connectivity index is 1.52. The van der Waals surface area contributed by atoms with Crippen LogP contribution in [0.25, 0.3) is 0 Å². The van der Waals surface area contributed by atoms with E-state index in [9.17, 15) is 0 Å². The van der Waals surface area contributed by atoms with Gasteiger partial charge in [-0.1, -0.05) is 32.6 Å². The van der Waals surface area contributed by atoms with Crippen LogP contribution in [0, 0.1) is 17.2 Å². The lowest BCUT2D eigenvalue weighted by atomic mass is 9.89. The van der Waals surface area contributed by atoms with E-state index in [2.05, 4.69) is 34.9 Å². The minimum atomic E-state index is 0.746. The van der Waals surface area contributed by atoms with Crippen LogP contribution >= 0.6 is 0 Å². The van der Waals surface area contributed by atoms with E-state index in [1.54, 1.807) is 0 Å². The maximum absolute atomic E-state index is 8.91. The molecule has 3 nitrogen and oxygen atoms in total. The van der Waals surface area contributed by atoms with Crippen LogP contribution < -0.4 is 4.90 Å². The molecule has 1 aliphatic carbocycles. The zero-order valence-corrected chi connectivity index (χ0v) is 14.4. The first-order valence-electron chi connectivity index (χ1n) is 9.25. The summed E-state index contributed by atoms with van der Waals surface area (Å²) < 4.78 is 0. The molecule has 0 aromatic heterocycles. The number of benzene rings is 1. The highest BCUT2D eigenvalue weighted by Crippen LogP contribution is 2.26. The predicted octanol–water partition coefficient (Wildman–Crippen LogP) is 4.04. The van der Waals surface area contributed by atoms with Crippen LogP contribution in [0.5, 0.6) is 0 Å². The second-order valence-electron chi connectivity index (χ2n) is 7.30. The number of rotatable bonds is 2. The Kier molecular flexibility index (Phi) is 5.56. The van der Waals surface area contributed by atoms with Crippen LogP contribution in [-0.2, 0) is 0 Å². The summed E-state index contributed by atoms with van der Waals surface area (Å²) in [6.45, 7) is 6.99. The van der Waals surface area contributed by atoms with E-state index in [1.165, 1.54) is 57.3 Å². The molecule has 0 N–H and O–H groups in total. The SMILES string of the molecule is CC1CCCC(N2CCN(c3ccc(C#N)cc3)CC2)CCC1. The van der Waals surface area contributed by atoms with Crippen molar-refractivity contribution in [3.05, 3.63) is 29.8 Å². The van der Waals surface area contributed by atoms with Gasteiger partial charge in [-0.05, 0) is 43.0 Å². The van der Waals surface area contributed by atoms with Crippen molar-refractivity contribution in [1.29, 1.82) is 5.26 Å². The van der Waals surface area contributed by atoms with Gasteiger partial charge >= 0.3 is 0 Å². The van der Waals surface area contributed by atoms with Crippen LogP contribution in [0.1, 0.15) is 51.0 Å². The van der Waals surface area contributed by atoms with Crippen LogP contribution in [-0.4, -0.2) is 37.1 Å². The average molecular weight is 311 g/mol. The first kappa shape index (κ1) is 16.3. The number of piperazine rings is 1. The standard InChI is InChI=1S/C20H29N3/c1-17-4-2-6-19(7-3-5-17)22-12-14-23(15-13-22)20-10-8-18(16-21)9-11-20/h8-11,17,19H,2-7,12-15H2,1H3. The average Bonchev–Trinajstić information content (AvgIpc) is 2.58. The molecule has 124 valence electrons. The molecule has 0 radical (unpaired) electrons. The zero-order chi connectivity index (χ0) is 16.1. The fraction of sp³-hybridized carbons (Fsp3) is 0.650. The smallest absolute Gasteiger partial charge is 0.0991 e. The minimum Gasteiger partial charge on any atom is -0.369 e. The maximum atomic E-state index is 8.91. The summed E-state index contributed by atoms with van der Waals surface area (Å²) in [7, 11) is 0. The van der Waals surface area contributed by atoms with Gasteiger partial charge in [0.1, 0.15) is 0 Å². The zero-order valence-electron chi connectivity index (χ0n) is 14.4. The normalized spacial score (nSPS) is 27.0. The van der Waals surface area contributed by atoms with E-state index in [4.69, 9.17) is 5.26 Å². The van der Waals surface area contributed by atoms with Crippen molar-refractivity contribution in [1.82, 2.24) is 4.90 Å². The Labute approximate surface area is 140 Å². The van der Waals surface area contributed by atoms with Crippen LogP contribution in [0.4, 0.5) is 5.69 Å². The van der Waals surface area contributed by atoms with Gasteiger partial charge in [0.2, 0.25) is 0 Å². The van der Waals surface area contributed by atoms with Gasteiger partial charge < -0.3 is 4.90 Å². The molecular formula is C20H29N3. The molecule has 1 aromatic carbocycles. The number of anilines is 1. The number of hydrogen-bond donors (Lipinski definition) is 0. The highest BCUT2D eigenvalue weighted by Gasteiger charge is 2.24. The Bertz CT molecular complexity index is 513. The van der Waals surface area contributed by atoms with Crippen molar-refractivity contribution < 1.29 is 0 Å². The maximum Gasteiger partial charge on any atom is 0.0991 e. The summed E-state index contributed by atoms with van der Waals surface area (Å²) in [5.41, 5.74) is 2.01. The fourth-order valence-corrected chi connectivity index (χ4v) is 4.15. The molecule has 1 saturated carbocycles. The Morgan fingerprint density at radius 1 is 0.913 bits per heavy atom. The lowest BCUT2D eigenvalue weighted by Gasteiger charge is -2.41. The molecule has 2 fully saturated rings. The molecule has 0 unspecified atom stereocenters. The van der Waals surface area contributed by atoms with E-state index < -0.39 is 0 Å². The molecule has 1 aliphatic heterocycles. The quantitative estimate of drug-likeness (QED) is 0.826. The van der Waals surface area contributed by atoms with Gasteiger partial charge in [-0.3, -0.25) is 4.90 Å². The van der Waals surface area contributed by atoms with Crippen LogP contribution in [0.15, 0.2) is 24.3 Å². The second-order valence-corrected chi connectivity index (χ2v) is 7.30. The summed E-state index contributed by atoms with van der Waals surface area (Å²) in [6.07, 6.45) is 8.43. The predicted molar refractivity (Wildman–Crippen MR) is 95.6 cm³/mol. The molecule has 23 heavy (non-hydrogen) atoms. The molecule has 1 saturated heterocycles. The van der Waals surface area contributed by atoms with Gasteiger partial charge in [0, 0.05) is 37.9 Å². The largest absolute Gasteiger partial charge is 0.369 e. The van der Waals surface area contributed by atoms with E-state index in [0.717, 1.165) is 30.6 Å². The lowest BCUT2D eigenvalue weighted by Crippen LogP contribution is -2.50. The van der Waals surface area contributed by atoms with Crippen molar-refractivity contribution in [2.75, 3.05) is 31.1 Å².